The Morgan fingerprint density at radius 3 is 2.21 bits per heavy atom. The van der Waals surface area contributed by atoms with Crippen LogP contribution >= 0.6 is 0 Å². The summed E-state index contributed by atoms with van der Waals surface area (Å²) in [6, 6.07) is 4.11. The Labute approximate surface area is 171 Å². The van der Waals surface area contributed by atoms with Crippen LogP contribution in [0.2, 0.25) is 0 Å². The standard InChI is InChI=1S/C22H31NO6/c1-15-12-16(2)18(17(3)13-15)14-19(25)23-21(20(26)27-9-8-24)4-6-22(7-5-21)28-10-11-29-22/h12-13,24H,4-11,14H2,1-3H3,(H,23,25). The maximum absolute atomic E-state index is 12.9. The Morgan fingerprint density at radius 1 is 1.07 bits per heavy atom. The highest BCUT2D eigenvalue weighted by Gasteiger charge is 2.51. The topological polar surface area (TPSA) is 94.1 Å². The van der Waals surface area contributed by atoms with Crippen LogP contribution in [0.4, 0.5) is 0 Å². The van der Waals surface area contributed by atoms with Crippen LogP contribution in [0, 0.1) is 20.8 Å². The number of amides is 1. The summed E-state index contributed by atoms with van der Waals surface area (Å²) in [7, 11) is 0. The van der Waals surface area contributed by atoms with E-state index in [1.807, 2.05) is 20.8 Å². The molecule has 1 heterocycles. The van der Waals surface area contributed by atoms with E-state index in [9.17, 15) is 9.59 Å². The van der Waals surface area contributed by atoms with Gasteiger partial charge in [0.1, 0.15) is 12.1 Å². The van der Waals surface area contributed by atoms with Crippen LogP contribution in [-0.4, -0.2) is 54.7 Å². The van der Waals surface area contributed by atoms with Crippen LogP contribution in [-0.2, 0) is 30.2 Å². The van der Waals surface area contributed by atoms with Gasteiger partial charge in [-0.3, -0.25) is 4.79 Å². The SMILES string of the molecule is Cc1cc(C)c(CC(=O)NC2(C(=O)OCCO)CCC3(CC2)OCCO3)c(C)c1. The second-order valence-corrected chi connectivity index (χ2v) is 8.15. The zero-order valence-electron chi connectivity index (χ0n) is 17.5. The highest BCUT2D eigenvalue weighted by Crippen LogP contribution is 2.41. The molecule has 1 saturated carbocycles. The average Bonchev–Trinajstić information content (AvgIpc) is 3.13. The smallest absolute Gasteiger partial charge is 0.331 e. The Bertz CT molecular complexity index is 736. The molecule has 1 saturated heterocycles. The van der Waals surface area contributed by atoms with Gasteiger partial charge in [0.05, 0.1) is 26.2 Å². The van der Waals surface area contributed by atoms with Gasteiger partial charge in [-0.25, -0.2) is 4.79 Å². The van der Waals surface area contributed by atoms with Crippen LogP contribution in [0.3, 0.4) is 0 Å². The van der Waals surface area contributed by atoms with Crippen molar-refractivity contribution in [2.75, 3.05) is 26.4 Å². The van der Waals surface area contributed by atoms with Crippen molar-refractivity contribution >= 4 is 11.9 Å². The van der Waals surface area contributed by atoms with E-state index in [1.165, 1.54) is 0 Å². The first-order chi connectivity index (χ1) is 13.8. The molecule has 0 aromatic heterocycles. The number of aliphatic hydroxyl groups is 1. The highest BCUT2D eigenvalue weighted by atomic mass is 16.7. The molecule has 7 nitrogen and oxygen atoms in total. The van der Waals surface area contributed by atoms with Gasteiger partial charge in [0.2, 0.25) is 5.91 Å². The van der Waals surface area contributed by atoms with Gasteiger partial charge in [0.15, 0.2) is 5.79 Å². The number of hydrogen-bond donors (Lipinski definition) is 2. The minimum Gasteiger partial charge on any atom is -0.462 e. The third-order valence-corrected chi connectivity index (χ3v) is 5.95. The average molecular weight is 405 g/mol. The van der Waals surface area contributed by atoms with E-state index in [-0.39, 0.29) is 25.5 Å². The maximum Gasteiger partial charge on any atom is 0.331 e. The molecule has 2 aliphatic rings. The molecule has 1 spiro atoms. The van der Waals surface area contributed by atoms with Crippen molar-refractivity contribution in [3.8, 4) is 0 Å². The zero-order valence-corrected chi connectivity index (χ0v) is 17.5. The predicted octanol–water partition coefficient (Wildman–Crippen LogP) is 1.86. The summed E-state index contributed by atoms with van der Waals surface area (Å²) in [5.41, 5.74) is 3.12. The first-order valence-electron chi connectivity index (χ1n) is 10.2. The lowest BCUT2D eigenvalue weighted by Crippen LogP contribution is -2.60. The number of ether oxygens (including phenoxy) is 3. The normalized spacial score (nSPS) is 19.9. The van der Waals surface area contributed by atoms with Gasteiger partial charge in [0.25, 0.3) is 0 Å². The van der Waals surface area contributed by atoms with E-state index in [4.69, 9.17) is 19.3 Å². The Balaban J connectivity index is 1.75. The Kier molecular flexibility index (Phi) is 6.61. The summed E-state index contributed by atoms with van der Waals surface area (Å²) < 4.78 is 16.7. The molecule has 2 N–H and O–H groups in total. The second kappa shape index (κ2) is 8.81. The number of aliphatic hydroxyl groups excluding tert-OH is 1. The van der Waals surface area contributed by atoms with Gasteiger partial charge < -0.3 is 24.6 Å². The first-order valence-corrected chi connectivity index (χ1v) is 10.2. The monoisotopic (exact) mass is 405 g/mol. The molecule has 2 fully saturated rings. The van der Waals surface area contributed by atoms with Crippen LogP contribution in [0.15, 0.2) is 12.1 Å². The quantitative estimate of drug-likeness (QED) is 0.702. The molecule has 1 aliphatic carbocycles. The van der Waals surface area contributed by atoms with E-state index in [0.717, 1.165) is 22.3 Å². The van der Waals surface area contributed by atoms with E-state index < -0.39 is 17.3 Å². The number of esters is 1. The minimum atomic E-state index is -1.13. The molecule has 7 heteroatoms. The van der Waals surface area contributed by atoms with Gasteiger partial charge in [-0.15, -0.1) is 0 Å². The highest BCUT2D eigenvalue weighted by molar-refractivity contribution is 5.89. The lowest BCUT2D eigenvalue weighted by atomic mass is 9.78. The summed E-state index contributed by atoms with van der Waals surface area (Å²) >= 11 is 0. The van der Waals surface area contributed by atoms with E-state index >= 15 is 0 Å². The van der Waals surface area contributed by atoms with Crippen LogP contribution in [0.25, 0.3) is 0 Å². The fraction of sp³-hybridized carbons (Fsp3) is 0.636. The molecule has 1 amide bonds. The molecule has 29 heavy (non-hydrogen) atoms. The van der Waals surface area contributed by atoms with Gasteiger partial charge in [-0.1, -0.05) is 17.7 Å². The lowest BCUT2D eigenvalue weighted by molar-refractivity contribution is -0.193. The molecule has 3 rings (SSSR count). The Hall–Kier alpha value is -1.96. The summed E-state index contributed by atoms with van der Waals surface area (Å²) in [5.74, 6) is -1.38. The molecular weight excluding hydrogens is 374 g/mol. The number of hydrogen-bond acceptors (Lipinski definition) is 6. The maximum atomic E-state index is 12.9. The van der Waals surface area contributed by atoms with Gasteiger partial charge in [-0.05, 0) is 50.3 Å². The third kappa shape index (κ3) is 4.79. The van der Waals surface area contributed by atoms with Gasteiger partial charge >= 0.3 is 5.97 Å². The Morgan fingerprint density at radius 2 is 1.66 bits per heavy atom. The first kappa shape index (κ1) is 21.7. The van der Waals surface area contributed by atoms with Crippen molar-refractivity contribution < 1.29 is 28.9 Å². The number of rotatable bonds is 6. The van der Waals surface area contributed by atoms with Crippen LogP contribution in [0.5, 0.6) is 0 Å². The molecule has 1 aromatic rings. The number of carbonyl (C=O) groups excluding carboxylic acids is 2. The number of nitrogens with one attached hydrogen (secondary N) is 1. The van der Waals surface area contributed by atoms with Crippen molar-refractivity contribution in [1.82, 2.24) is 5.32 Å². The lowest BCUT2D eigenvalue weighted by Gasteiger charge is -2.42. The van der Waals surface area contributed by atoms with Crippen molar-refractivity contribution in [2.45, 2.75) is 64.2 Å². The van der Waals surface area contributed by atoms with Gasteiger partial charge in [-0.2, -0.15) is 0 Å². The summed E-state index contributed by atoms with van der Waals surface area (Å²) in [4.78, 5) is 25.8. The zero-order chi connectivity index (χ0) is 21.1. The van der Waals surface area contributed by atoms with Gasteiger partial charge in [0, 0.05) is 12.8 Å². The van der Waals surface area contributed by atoms with Crippen molar-refractivity contribution in [2.24, 2.45) is 0 Å². The number of benzene rings is 1. The molecule has 1 aromatic carbocycles. The van der Waals surface area contributed by atoms with E-state index in [1.54, 1.807) is 0 Å². The second-order valence-electron chi connectivity index (χ2n) is 8.15. The fourth-order valence-electron chi connectivity index (χ4n) is 4.46. The molecule has 0 atom stereocenters. The van der Waals surface area contributed by atoms with Crippen LogP contribution in [0.1, 0.15) is 47.9 Å². The largest absolute Gasteiger partial charge is 0.462 e. The minimum absolute atomic E-state index is 0.0925. The molecule has 0 unspecified atom stereocenters. The number of carbonyl (C=O) groups is 2. The summed E-state index contributed by atoms with van der Waals surface area (Å²) in [5, 5.41) is 12.0. The molecule has 0 bridgehead atoms. The summed E-state index contributed by atoms with van der Waals surface area (Å²) in [6.07, 6.45) is 1.95. The number of aryl methyl sites for hydroxylation is 3. The molecule has 160 valence electrons. The molecule has 0 radical (unpaired) electrons. The fourth-order valence-corrected chi connectivity index (χ4v) is 4.46. The van der Waals surface area contributed by atoms with Crippen LogP contribution < -0.4 is 5.32 Å². The van der Waals surface area contributed by atoms with Crippen molar-refractivity contribution in [1.29, 1.82) is 0 Å². The van der Waals surface area contributed by atoms with E-state index in [2.05, 4.69) is 17.4 Å². The predicted molar refractivity (Wildman–Crippen MR) is 106 cm³/mol. The van der Waals surface area contributed by atoms with E-state index in [0.29, 0.717) is 38.9 Å². The summed E-state index contributed by atoms with van der Waals surface area (Å²) in [6.45, 7) is 6.75. The van der Waals surface area contributed by atoms with Crippen molar-refractivity contribution in [3.05, 3.63) is 34.4 Å². The van der Waals surface area contributed by atoms with Crippen molar-refractivity contribution in [3.63, 3.8) is 0 Å². The molecule has 1 aliphatic heterocycles. The third-order valence-electron chi connectivity index (χ3n) is 5.95. The molecular formula is C22H31NO6.